The first-order valence-electron chi connectivity index (χ1n) is 3.75. The Bertz CT molecular complexity index is 140. The van der Waals surface area contributed by atoms with Crippen LogP contribution < -0.4 is 0 Å². The molecule has 0 rings (SSSR count). The first kappa shape index (κ1) is 10.6. The summed E-state index contributed by atoms with van der Waals surface area (Å²) in [6.45, 7) is 4.90. The summed E-state index contributed by atoms with van der Waals surface area (Å²) in [6.07, 6.45) is -0.107. The second-order valence-electron chi connectivity index (χ2n) is 2.87. The zero-order valence-electron chi connectivity index (χ0n) is 7.55. The van der Waals surface area contributed by atoms with Crippen molar-refractivity contribution in [3.63, 3.8) is 0 Å². The van der Waals surface area contributed by atoms with Gasteiger partial charge in [0.25, 0.3) is 0 Å². The van der Waals surface area contributed by atoms with Crippen LogP contribution in [0, 0.1) is 0 Å². The van der Waals surface area contributed by atoms with Gasteiger partial charge >= 0.3 is 0 Å². The van der Waals surface area contributed by atoms with Crippen LogP contribution >= 0.6 is 0 Å². The van der Waals surface area contributed by atoms with E-state index >= 15 is 0 Å². The van der Waals surface area contributed by atoms with Crippen molar-refractivity contribution in [1.82, 2.24) is 0 Å². The summed E-state index contributed by atoms with van der Waals surface area (Å²) >= 11 is 0. The highest BCUT2D eigenvalue weighted by Gasteiger charge is 2.31. The minimum absolute atomic E-state index is 0.262. The van der Waals surface area contributed by atoms with Crippen LogP contribution in [0.4, 0.5) is 0 Å². The van der Waals surface area contributed by atoms with Crippen molar-refractivity contribution in [1.29, 1.82) is 0 Å². The maximum atomic E-state index is 11.3. The number of Topliss-reactive ketones (excluding diaryl/α,β-unsaturated/α-hetero) is 1. The predicted molar refractivity (Wildman–Crippen MR) is 42.4 cm³/mol. The van der Waals surface area contributed by atoms with Crippen molar-refractivity contribution in [3.8, 4) is 0 Å². The molecule has 3 nitrogen and oxygen atoms in total. The van der Waals surface area contributed by atoms with E-state index in [0.29, 0.717) is 6.42 Å². The quantitative estimate of drug-likeness (QED) is 0.660. The molecule has 0 aromatic carbocycles. The Labute approximate surface area is 67.4 Å². The molecule has 0 aromatic rings. The van der Waals surface area contributed by atoms with E-state index in [-0.39, 0.29) is 5.78 Å². The van der Waals surface area contributed by atoms with Gasteiger partial charge in [0.1, 0.15) is 11.7 Å². The van der Waals surface area contributed by atoms with Gasteiger partial charge in [0.15, 0.2) is 5.78 Å². The smallest absolute Gasteiger partial charge is 0.192 e. The van der Waals surface area contributed by atoms with Gasteiger partial charge in [-0.15, -0.1) is 0 Å². The number of carbonyl (C=O) groups excluding carboxylic acids is 1. The molecule has 0 radical (unpaired) electrons. The minimum Gasteiger partial charge on any atom is -0.382 e. The topological polar surface area (TPSA) is 46.5 Å². The highest BCUT2D eigenvalue weighted by molar-refractivity contribution is 5.90. The van der Waals surface area contributed by atoms with Crippen molar-refractivity contribution in [2.75, 3.05) is 7.11 Å². The summed E-state index contributed by atoms with van der Waals surface area (Å²) in [5, 5.41) is 9.46. The number of methoxy groups -OCH3 is 1. The summed E-state index contributed by atoms with van der Waals surface area (Å²) in [4.78, 5) is 11.3. The molecule has 0 bridgehead atoms. The second kappa shape index (κ2) is 3.83. The lowest BCUT2D eigenvalue weighted by Gasteiger charge is -2.22. The van der Waals surface area contributed by atoms with Gasteiger partial charge in [-0.3, -0.25) is 4.79 Å². The Hall–Kier alpha value is -0.410. The third-order valence-electron chi connectivity index (χ3n) is 1.94. The van der Waals surface area contributed by atoms with Crippen LogP contribution in [-0.2, 0) is 9.53 Å². The van der Waals surface area contributed by atoms with Crippen LogP contribution in [0.2, 0.25) is 0 Å². The van der Waals surface area contributed by atoms with Gasteiger partial charge in [-0.2, -0.15) is 0 Å². The summed E-state index contributed by atoms with van der Waals surface area (Å²) < 4.78 is 4.79. The van der Waals surface area contributed by atoms with Crippen molar-refractivity contribution < 1.29 is 14.6 Å². The lowest BCUT2D eigenvalue weighted by atomic mass is 9.95. The molecular weight excluding hydrogens is 144 g/mol. The number of ether oxygens (including phenoxy) is 1. The average Bonchev–Trinajstić information content (AvgIpc) is 2.01. The van der Waals surface area contributed by atoms with Gasteiger partial charge < -0.3 is 9.84 Å². The van der Waals surface area contributed by atoms with E-state index in [9.17, 15) is 9.90 Å². The highest BCUT2D eigenvalue weighted by atomic mass is 16.5. The molecule has 0 aliphatic rings. The normalized spacial score (nSPS) is 19.0. The minimum atomic E-state index is -1.24. The number of aliphatic hydroxyl groups is 1. The van der Waals surface area contributed by atoms with Gasteiger partial charge in [0, 0.05) is 7.11 Å². The van der Waals surface area contributed by atoms with Crippen molar-refractivity contribution in [3.05, 3.63) is 0 Å². The van der Waals surface area contributed by atoms with Crippen LogP contribution in [0.3, 0.4) is 0 Å². The molecule has 0 aromatic heterocycles. The molecule has 11 heavy (non-hydrogen) atoms. The van der Waals surface area contributed by atoms with E-state index < -0.39 is 11.7 Å². The van der Waals surface area contributed by atoms with Gasteiger partial charge in [-0.05, 0) is 20.3 Å². The van der Waals surface area contributed by atoms with E-state index in [2.05, 4.69) is 0 Å². The Morgan fingerprint density at radius 3 is 2.45 bits per heavy atom. The molecule has 66 valence electrons. The maximum Gasteiger partial charge on any atom is 0.192 e. The molecule has 0 spiro atoms. The standard InChI is InChI=1S/C8H16O3/c1-5-8(3,10)7(9)6(2)11-4/h6,10H,5H2,1-4H3. The maximum absolute atomic E-state index is 11.3. The van der Waals surface area contributed by atoms with E-state index in [1.54, 1.807) is 13.8 Å². The van der Waals surface area contributed by atoms with E-state index in [4.69, 9.17) is 4.74 Å². The molecule has 0 aliphatic carbocycles. The summed E-state index contributed by atoms with van der Waals surface area (Å²) in [6, 6.07) is 0. The number of hydrogen-bond donors (Lipinski definition) is 1. The van der Waals surface area contributed by atoms with Crippen LogP contribution in [-0.4, -0.2) is 29.7 Å². The van der Waals surface area contributed by atoms with Gasteiger partial charge in [0.2, 0.25) is 0 Å². The molecule has 0 saturated carbocycles. The summed E-state index contributed by atoms with van der Waals surface area (Å²) in [5.74, 6) is -0.262. The SMILES string of the molecule is CCC(C)(O)C(=O)C(C)OC. The van der Waals surface area contributed by atoms with Gasteiger partial charge in [-0.1, -0.05) is 6.92 Å². The van der Waals surface area contributed by atoms with Gasteiger partial charge in [0.05, 0.1) is 0 Å². The fraction of sp³-hybridized carbons (Fsp3) is 0.875. The summed E-state index contributed by atoms with van der Waals surface area (Å²) in [7, 11) is 1.45. The Balaban J connectivity index is 4.23. The first-order valence-corrected chi connectivity index (χ1v) is 3.75. The van der Waals surface area contributed by atoms with Crippen LogP contribution in [0.15, 0.2) is 0 Å². The zero-order chi connectivity index (χ0) is 9.07. The molecule has 0 saturated heterocycles. The predicted octanol–water partition coefficient (Wildman–Crippen LogP) is 0.751. The lowest BCUT2D eigenvalue weighted by Crippen LogP contribution is -2.41. The summed E-state index contributed by atoms with van der Waals surface area (Å²) in [5.41, 5.74) is -1.24. The molecule has 1 N–H and O–H groups in total. The Kier molecular flexibility index (Phi) is 3.69. The zero-order valence-corrected chi connectivity index (χ0v) is 7.55. The second-order valence-corrected chi connectivity index (χ2v) is 2.87. The lowest BCUT2D eigenvalue weighted by molar-refractivity contribution is -0.145. The van der Waals surface area contributed by atoms with Crippen LogP contribution in [0.1, 0.15) is 27.2 Å². The van der Waals surface area contributed by atoms with Crippen molar-refractivity contribution in [2.45, 2.75) is 38.9 Å². The third-order valence-corrected chi connectivity index (χ3v) is 1.94. The Morgan fingerprint density at radius 1 is 1.73 bits per heavy atom. The molecule has 0 amide bonds. The van der Waals surface area contributed by atoms with Gasteiger partial charge in [-0.25, -0.2) is 0 Å². The third kappa shape index (κ3) is 2.60. The molecular formula is C8H16O3. The largest absolute Gasteiger partial charge is 0.382 e. The molecule has 3 heteroatoms. The van der Waals surface area contributed by atoms with E-state index in [1.165, 1.54) is 14.0 Å². The van der Waals surface area contributed by atoms with Crippen LogP contribution in [0.25, 0.3) is 0 Å². The molecule has 0 aliphatic heterocycles. The number of carbonyl (C=O) groups is 1. The number of hydrogen-bond acceptors (Lipinski definition) is 3. The fourth-order valence-electron chi connectivity index (χ4n) is 0.719. The van der Waals surface area contributed by atoms with Crippen molar-refractivity contribution >= 4 is 5.78 Å². The molecule has 0 heterocycles. The monoisotopic (exact) mass is 160 g/mol. The first-order chi connectivity index (χ1) is 4.95. The van der Waals surface area contributed by atoms with Crippen molar-refractivity contribution in [2.24, 2.45) is 0 Å². The molecule has 2 unspecified atom stereocenters. The van der Waals surface area contributed by atoms with E-state index in [1.807, 2.05) is 0 Å². The van der Waals surface area contributed by atoms with Crippen LogP contribution in [0.5, 0.6) is 0 Å². The molecule has 0 fully saturated rings. The highest BCUT2D eigenvalue weighted by Crippen LogP contribution is 2.13. The fourth-order valence-corrected chi connectivity index (χ4v) is 0.719. The Morgan fingerprint density at radius 2 is 2.18 bits per heavy atom. The average molecular weight is 160 g/mol. The van der Waals surface area contributed by atoms with E-state index in [0.717, 1.165) is 0 Å². The number of ketones is 1. The molecule has 2 atom stereocenters. The number of rotatable bonds is 4.